The maximum absolute atomic E-state index is 10.0. The van der Waals surface area contributed by atoms with E-state index in [1.54, 1.807) is 18.2 Å². The van der Waals surface area contributed by atoms with E-state index in [0.29, 0.717) is 5.75 Å². The molecule has 0 saturated heterocycles. The van der Waals surface area contributed by atoms with E-state index in [2.05, 4.69) is 53.7 Å². The van der Waals surface area contributed by atoms with Crippen LogP contribution in [0, 0.1) is 0 Å². The summed E-state index contributed by atoms with van der Waals surface area (Å²) in [6.45, 7) is 13.4. The topological polar surface area (TPSA) is 29.5 Å². The number of ether oxygens (including phenoxy) is 1. The Balaban J connectivity index is 2.53. The van der Waals surface area contributed by atoms with Crippen molar-refractivity contribution in [3.05, 3.63) is 53.6 Å². The van der Waals surface area contributed by atoms with Gasteiger partial charge < -0.3 is 9.84 Å². The van der Waals surface area contributed by atoms with Gasteiger partial charge in [-0.1, -0.05) is 65.8 Å². The molecule has 0 fully saturated rings. The van der Waals surface area contributed by atoms with Gasteiger partial charge in [-0.05, 0) is 47.4 Å². The highest BCUT2D eigenvalue weighted by molar-refractivity contribution is 5.48. The van der Waals surface area contributed by atoms with Gasteiger partial charge in [0.05, 0.1) is 0 Å². The van der Waals surface area contributed by atoms with Crippen molar-refractivity contribution in [3.63, 3.8) is 0 Å². The Kier molecular flexibility index (Phi) is 5.27. The fourth-order valence-electron chi connectivity index (χ4n) is 2.63. The van der Waals surface area contributed by atoms with Crippen LogP contribution in [-0.2, 0) is 10.8 Å². The van der Waals surface area contributed by atoms with Crippen molar-refractivity contribution in [2.75, 3.05) is 0 Å². The fraction of sp³-hybridized carbons (Fsp3) is 0.455. The third-order valence-electron chi connectivity index (χ3n) is 5.34. The summed E-state index contributed by atoms with van der Waals surface area (Å²) in [7, 11) is 0. The lowest BCUT2D eigenvalue weighted by Gasteiger charge is -2.30. The summed E-state index contributed by atoms with van der Waals surface area (Å²) in [4.78, 5) is 0. The largest absolute Gasteiger partial charge is 0.504 e. The third kappa shape index (κ3) is 3.75. The van der Waals surface area contributed by atoms with Crippen LogP contribution in [-0.4, -0.2) is 5.11 Å². The molecule has 2 nitrogen and oxygen atoms in total. The van der Waals surface area contributed by atoms with E-state index in [9.17, 15) is 5.11 Å². The molecule has 0 aliphatic carbocycles. The van der Waals surface area contributed by atoms with E-state index < -0.39 is 0 Å². The van der Waals surface area contributed by atoms with Crippen molar-refractivity contribution < 1.29 is 9.84 Å². The first-order valence-corrected chi connectivity index (χ1v) is 8.82. The lowest BCUT2D eigenvalue weighted by atomic mass is 9.76. The van der Waals surface area contributed by atoms with E-state index in [1.807, 2.05) is 12.1 Å². The van der Waals surface area contributed by atoms with Crippen molar-refractivity contribution in [3.8, 4) is 17.2 Å². The molecular weight excluding hydrogens is 296 g/mol. The minimum atomic E-state index is -0.000432. The smallest absolute Gasteiger partial charge is 0.169 e. The molecule has 0 unspecified atom stereocenters. The van der Waals surface area contributed by atoms with Crippen LogP contribution in [0.5, 0.6) is 17.2 Å². The lowest BCUT2D eigenvalue weighted by molar-refractivity contribution is 0.395. The second kappa shape index (κ2) is 6.88. The molecule has 0 saturated carbocycles. The number of benzene rings is 2. The highest BCUT2D eigenvalue weighted by atomic mass is 16.5. The highest BCUT2D eigenvalue weighted by Crippen LogP contribution is 2.41. The molecule has 0 aliphatic heterocycles. The SMILES string of the molecule is CCC(C)(C)c1ccc(Oc2ccccc2O)c(C(C)(C)CC)c1. The number of hydrogen-bond acceptors (Lipinski definition) is 2. The van der Waals surface area contributed by atoms with Crippen LogP contribution in [0.1, 0.15) is 65.5 Å². The van der Waals surface area contributed by atoms with Crippen LogP contribution in [0.15, 0.2) is 42.5 Å². The van der Waals surface area contributed by atoms with Crippen molar-refractivity contribution in [2.24, 2.45) is 0 Å². The highest BCUT2D eigenvalue weighted by Gasteiger charge is 2.27. The van der Waals surface area contributed by atoms with Gasteiger partial charge in [0.15, 0.2) is 11.5 Å². The van der Waals surface area contributed by atoms with E-state index in [4.69, 9.17) is 4.74 Å². The van der Waals surface area contributed by atoms with E-state index in [1.165, 1.54) is 11.1 Å². The molecule has 0 spiro atoms. The maximum atomic E-state index is 10.0. The molecule has 0 bridgehead atoms. The van der Waals surface area contributed by atoms with Gasteiger partial charge in [0.2, 0.25) is 0 Å². The standard InChI is InChI=1S/C22H30O2/c1-7-21(3,4)16-13-14-19(17(15-16)22(5,6)8-2)24-20-12-10-9-11-18(20)23/h9-15,23H,7-8H2,1-6H3. The molecule has 1 N–H and O–H groups in total. The molecular formula is C22H30O2. The first kappa shape index (κ1) is 18.4. The van der Waals surface area contributed by atoms with Gasteiger partial charge in [0, 0.05) is 5.56 Å². The van der Waals surface area contributed by atoms with E-state index in [0.717, 1.165) is 18.6 Å². The van der Waals surface area contributed by atoms with Gasteiger partial charge in [0.1, 0.15) is 5.75 Å². The fourth-order valence-corrected chi connectivity index (χ4v) is 2.63. The molecule has 2 aromatic carbocycles. The van der Waals surface area contributed by atoms with Gasteiger partial charge in [-0.15, -0.1) is 0 Å². The average Bonchev–Trinajstić information content (AvgIpc) is 2.57. The van der Waals surface area contributed by atoms with Gasteiger partial charge in [-0.25, -0.2) is 0 Å². The number of phenols is 1. The Morgan fingerprint density at radius 1 is 0.833 bits per heavy atom. The number of hydrogen-bond donors (Lipinski definition) is 1. The Bertz CT molecular complexity index is 699. The summed E-state index contributed by atoms with van der Waals surface area (Å²) in [5.74, 6) is 1.47. The molecule has 0 aromatic heterocycles. The Morgan fingerprint density at radius 2 is 1.46 bits per heavy atom. The molecule has 0 aliphatic rings. The predicted molar refractivity (Wildman–Crippen MR) is 101 cm³/mol. The van der Waals surface area contributed by atoms with Crippen molar-refractivity contribution in [1.82, 2.24) is 0 Å². The summed E-state index contributed by atoms with van der Waals surface area (Å²) < 4.78 is 6.08. The summed E-state index contributed by atoms with van der Waals surface area (Å²) in [6, 6.07) is 13.6. The van der Waals surface area contributed by atoms with Crippen LogP contribution in [0.4, 0.5) is 0 Å². The van der Waals surface area contributed by atoms with E-state index in [-0.39, 0.29) is 16.6 Å². The zero-order valence-electron chi connectivity index (χ0n) is 15.8. The molecule has 2 heteroatoms. The molecule has 2 rings (SSSR count). The second-order valence-electron chi connectivity index (χ2n) is 7.76. The summed E-state index contributed by atoms with van der Waals surface area (Å²) in [5.41, 5.74) is 2.64. The van der Waals surface area contributed by atoms with Gasteiger partial charge in [-0.3, -0.25) is 0 Å². The summed E-state index contributed by atoms with van der Waals surface area (Å²) in [5, 5.41) is 10.0. The van der Waals surface area contributed by atoms with E-state index >= 15 is 0 Å². The zero-order chi connectivity index (χ0) is 18.0. The minimum Gasteiger partial charge on any atom is -0.504 e. The van der Waals surface area contributed by atoms with Gasteiger partial charge in [0.25, 0.3) is 0 Å². The molecule has 0 heterocycles. The molecule has 0 atom stereocenters. The van der Waals surface area contributed by atoms with Gasteiger partial charge in [-0.2, -0.15) is 0 Å². The van der Waals surface area contributed by atoms with Crippen LogP contribution in [0.2, 0.25) is 0 Å². The second-order valence-corrected chi connectivity index (χ2v) is 7.76. The zero-order valence-corrected chi connectivity index (χ0v) is 15.8. The number of aromatic hydroxyl groups is 1. The van der Waals surface area contributed by atoms with Gasteiger partial charge >= 0.3 is 0 Å². The Morgan fingerprint density at radius 3 is 2.04 bits per heavy atom. The summed E-state index contributed by atoms with van der Waals surface area (Å²) in [6.07, 6.45) is 2.10. The summed E-state index contributed by atoms with van der Waals surface area (Å²) >= 11 is 0. The van der Waals surface area contributed by atoms with Crippen LogP contribution >= 0.6 is 0 Å². The first-order chi connectivity index (χ1) is 11.2. The van der Waals surface area contributed by atoms with Crippen molar-refractivity contribution in [2.45, 2.75) is 65.2 Å². The number of rotatable bonds is 6. The number of phenolic OH excluding ortho intramolecular Hbond substituents is 1. The van der Waals surface area contributed by atoms with Crippen molar-refractivity contribution in [1.29, 1.82) is 0 Å². The normalized spacial score (nSPS) is 12.2. The molecule has 2 aromatic rings. The third-order valence-corrected chi connectivity index (χ3v) is 5.34. The molecule has 0 amide bonds. The quantitative estimate of drug-likeness (QED) is 0.651. The number of para-hydroxylation sites is 2. The van der Waals surface area contributed by atoms with Crippen LogP contribution in [0.3, 0.4) is 0 Å². The lowest BCUT2D eigenvalue weighted by Crippen LogP contribution is -2.20. The minimum absolute atomic E-state index is 0.000432. The first-order valence-electron chi connectivity index (χ1n) is 8.82. The average molecular weight is 326 g/mol. The maximum Gasteiger partial charge on any atom is 0.169 e. The van der Waals surface area contributed by atoms with Crippen LogP contribution < -0.4 is 4.74 Å². The van der Waals surface area contributed by atoms with Crippen molar-refractivity contribution >= 4 is 0 Å². The molecule has 0 radical (unpaired) electrons. The Labute approximate surface area is 146 Å². The Hall–Kier alpha value is -1.96. The molecule has 130 valence electrons. The van der Waals surface area contributed by atoms with Crippen LogP contribution in [0.25, 0.3) is 0 Å². The molecule has 24 heavy (non-hydrogen) atoms. The monoisotopic (exact) mass is 326 g/mol. The predicted octanol–water partition coefficient (Wildman–Crippen LogP) is 6.56.